The molecule has 3 nitrogen and oxygen atoms in total. The monoisotopic (exact) mass is 321 g/mol. The summed E-state index contributed by atoms with van der Waals surface area (Å²) in [6.07, 6.45) is -0.639. The highest BCUT2D eigenvalue weighted by Gasteiger charge is 2.08. The van der Waals surface area contributed by atoms with Crippen molar-refractivity contribution in [1.82, 2.24) is 0 Å². The van der Waals surface area contributed by atoms with Gasteiger partial charge in [0.25, 0.3) is 0 Å². The Morgan fingerprint density at radius 3 is 2.53 bits per heavy atom. The van der Waals surface area contributed by atoms with Crippen LogP contribution in [0.5, 0.6) is 5.75 Å². The fourth-order valence-electron chi connectivity index (χ4n) is 1.71. The smallest absolute Gasteiger partial charge is 0.134 e. The molecule has 0 heterocycles. The molecule has 19 heavy (non-hydrogen) atoms. The first-order valence-electron chi connectivity index (χ1n) is 6.05. The highest BCUT2D eigenvalue weighted by atomic mass is 79.9. The van der Waals surface area contributed by atoms with Crippen LogP contribution in [0.25, 0.3) is 0 Å². The van der Waals surface area contributed by atoms with Gasteiger partial charge in [0.2, 0.25) is 0 Å². The van der Waals surface area contributed by atoms with Crippen LogP contribution in [0.2, 0.25) is 0 Å². The number of halogens is 1. The normalized spacial score (nSPS) is 12.2. The Kier molecular flexibility index (Phi) is 4.96. The molecule has 2 rings (SSSR count). The van der Waals surface area contributed by atoms with Gasteiger partial charge in [-0.2, -0.15) is 0 Å². The molecule has 100 valence electrons. The zero-order chi connectivity index (χ0) is 13.7. The van der Waals surface area contributed by atoms with Gasteiger partial charge in [0.05, 0.1) is 10.6 Å². The second-order valence-corrected chi connectivity index (χ2v) is 5.07. The van der Waals surface area contributed by atoms with Gasteiger partial charge in [-0.25, -0.2) is 0 Å². The quantitative estimate of drug-likeness (QED) is 0.890. The van der Waals surface area contributed by atoms with Crippen LogP contribution < -0.4 is 10.5 Å². The zero-order valence-electron chi connectivity index (χ0n) is 10.4. The molecular weight excluding hydrogens is 306 g/mol. The summed E-state index contributed by atoms with van der Waals surface area (Å²) in [5.41, 5.74) is 7.32. The van der Waals surface area contributed by atoms with Crippen LogP contribution in [-0.2, 0) is 6.61 Å². The highest BCUT2D eigenvalue weighted by Crippen LogP contribution is 2.28. The van der Waals surface area contributed by atoms with E-state index in [9.17, 15) is 5.11 Å². The van der Waals surface area contributed by atoms with Crippen molar-refractivity contribution in [3.05, 3.63) is 64.1 Å². The van der Waals surface area contributed by atoms with Crippen LogP contribution >= 0.6 is 15.9 Å². The van der Waals surface area contributed by atoms with Crippen LogP contribution in [0.3, 0.4) is 0 Å². The number of hydrogen-bond acceptors (Lipinski definition) is 3. The van der Waals surface area contributed by atoms with Crippen molar-refractivity contribution >= 4 is 15.9 Å². The molecule has 0 saturated heterocycles. The van der Waals surface area contributed by atoms with Crippen molar-refractivity contribution in [2.75, 3.05) is 6.54 Å². The SMILES string of the molecule is NCC(O)c1ccc(OCc2ccccc2)c(Br)c1. The molecule has 0 aromatic heterocycles. The molecule has 0 aliphatic heterocycles. The van der Waals surface area contributed by atoms with Crippen molar-refractivity contribution in [3.63, 3.8) is 0 Å². The number of aliphatic hydroxyl groups excluding tert-OH is 1. The predicted octanol–water partition coefficient (Wildman–Crippen LogP) is 3.02. The average molecular weight is 322 g/mol. The van der Waals surface area contributed by atoms with Crippen molar-refractivity contribution in [2.24, 2.45) is 5.73 Å². The lowest BCUT2D eigenvalue weighted by Crippen LogP contribution is -2.11. The van der Waals surface area contributed by atoms with Crippen LogP contribution in [0.4, 0.5) is 0 Å². The molecule has 2 aromatic rings. The molecule has 1 atom stereocenters. The minimum absolute atomic E-state index is 0.205. The van der Waals surface area contributed by atoms with Crippen LogP contribution in [0.15, 0.2) is 53.0 Å². The number of benzene rings is 2. The fourth-order valence-corrected chi connectivity index (χ4v) is 2.22. The Morgan fingerprint density at radius 1 is 1.16 bits per heavy atom. The van der Waals surface area contributed by atoms with Crippen molar-refractivity contribution in [1.29, 1.82) is 0 Å². The Labute approximate surface area is 121 Å². The topological polar surface area (TPSA) is 55.5 Å². The van der Waals surface area contributed by atoms with E-state index < -0.39 is 6.10 Å². The van der Waals surface area contributed by atoms with Crippen LogP contribution in [0, 0.1) is 0 Å². The minimum Gasteiger partial charge on any atom is -0.488 e. The number of aliphatic hydroxyl groups is 1. The van der Waals surface area contributed by atoms with Gasteiger partial charge in [0, 0.05) is 6.54 Å². The molecule has 3 N–H and O–H groups in total. The molecule has 4 heteroatoms. The van der Waals surface area contributed by atoms with Gasteiger partial charge in [0.15, 0.2) is 0 Å². The second kappa shape index (κ2) is 6.70. The van der Waals surface area contributed by atoms with E-state index in [2.05, 4.69) is 15.9 Å². The van der Waals surface area contributed by atoms with Crippen molar-refractivity contribution in [2.45, 2.75) is 12.7 Å². The molecule has 0 bridgehead atoms. The molecule has 0 aliphatic carbocycles. The maximum absolute atomic E-state index is 9.67. The van der Waals surface area contributed by atoms with Gasteiger partial charge >= 0.3 is 0 Å². The molecule has 0 radical (unpaired) electrons. The van der Waals surface area contributed by atoms with Crippen LogP contribution in [0.1, 0.15) is 17.2 Å². The average Bonchev–Trinajstić information content (AvgIpc) is 2.46. The van der Waals surface area contributed by atoms with E-state index in [4.69, 9.17) is 10.5 Å². The summed E-state index contributed by atoms with van der Waals surface area (Å²) >= 11 is 3.44. The summed E-state index contributed by atoms with van der Waals surface area (Å²) in [7, 11) is 0. The number of nitrogens with two attached hydrogens (primary N) is 1. The van der Waals surface area contributed by atoms with E-state index in [0.717, 1.165) is 21.3 Å². The lowest BCUT2D eigenvalue weighted by atomic mass is 10.1. The Bertz CT molecular complexity index is 531. The minimum atomic E-state index is -0.639. The first kappa shape index (κ1) is 14.1. The molecule has 0 spiro atoms. The van der Waals surface area contributed by atoms with E-state index in [0.29, 0.717) is 6.61 Å². The largest absolute Gasteiger partial charge is 0.488 e. The molecule has 0 amide bonds. The summed E-state index contributed by atoms with van der Waals surface area (Å²) in [6, 6.07) is 15.5. The van der Waals surface area contributed by atoms with E-state index in [1.54, 1.807) is 0 Å². The summed E-state index contributed by atoms with van der Waals surface area (Å²) < 4.78 is 6.54. The second-order valence-electron chi connectivity index (χ2n) is 4.22. The molecule has 1 unspecified atom stereocenters. The van der Waals surface area contributed by atoms with Gasteiger partial charge in [-0.1, -0.05) is 36.4 Å². The summed E-state index contributed by atoms with van der Waals surface area (Å²) in [4.78, 5) is 0. The van der Waals surface area contributed by atoms with Gasteiger partial charge < -0.3 is 15.6 Å². The Balaban J connectivity index is 2.05. The predicted molar refractivity (Wildman–Crippen MR) is 78.9 cm³/mol. The third kappa shape index (κ3) is 3.80. The first-order chi connectivity index (χ1) is 9.20. The molecule has 2 aromatic carbocycles. The molecular formula is C15H16BrNO2. The standard InChI is InChI=1S/C15H16BrNO2/c16-13-8-12(14(18)9-17)6-7-15(13)19-10-11-4-2-1-3-5-11/h1-8,14,18H,9-10,17H2. The van der Waals surface area contributed by atoms with Crippen molar-refractivity contribution < 1.29 is 9.84 Å². The molecule has 0 fully saturated rings. The first-order valence-corrected chi connectivity index (χ1v) is 6.84. The van der Waals surface area contributed by atoms with E-state index >= 15 is 0 Å². The van der Waals surface area contributed by atoms with Crippen molar-refractivity contribution in [3.8, 4) is 5.75 Å². The fraction of sp³-hybridized carbons (Fsp3) is 0.200. The molecule has 0 saturated carbocycles. The van der Waals surface area contributed by atoms with Gasteiger partial charge in [-0.3, -0.25) is 0 Å². The Morgan fingerprint density at radius 2 is 1.89 bits per heavy atom. The summed E-state index contributed by atoms with van der Waals surface area (Å²) in [5, 5.41) is 9.67. The molecule has 0 aliphatic rings. The summed E-state index contributed by atoms with van der Waals surface area (Å²) in [6.45, 7) is 0.717. The maximum atomic E-state index is 9.67. The Hall–Kier alpha value is -1.36. The number of hydrogen-bond donors (Lipinski definition) is 2. The van der Waals surface area contributed by atoms with E-state index in [1.165, 1.54) is 0 Å². The number of ether oxygens (including phenoxy) is 1. The third-order valence-corrected chi connectivity index (χ3v) is 3.42. The number of rotatable bonds is 5. The lowest BCUT2D eigenvalue weighted by Gasteiger charge is -2.12. The third-order valence-electron chi connectivity index (χ3n) is 2.80. The van der Waals surface area contributed by atoms with E-state index in [-0.39, 0.29) is 6.54 Å². The van der Waals surface area contributed by atoms with Crippen LogP contribution in [-0.4, -0.2) is 11.7 Å². The summed E-state index contributed by atoms with van der Waals surface area (Å²) in [5.74, 6) is 0.747. The van der Waals surface area contributed by atoms with Gasteiger partial charge in [-0.15, -0.1) is 0 Å². The maximum Gasteiger partial charge on any atom is 0.134 e. The van der Waals surface area contributed by atoms with E-state index in [1.807, 2.05) is 48.5 Å². The van der Waals surface area contributed by atoms with Gasteiger partial charge in [-0.05, 0) is 39.2 Å². The van der Waals surface area contributed by atoms with Gasteiger partial charge in [0.1, 0.15) is 12.4 Å². The highest BCUT2D eigenvalue weighted by molar-refractivity contribution is 9.10. The lowest BCUT2D eigenvalue weighted by molar-refractivity contribution is 0.186. The zero-order valence-corrected chi connectivity index (χ0v) is 12.0.